The maximum absolute atomic E-state index is 12.2. The van der Waals surface area contributed by atoms with Crippen molar-refractivity contribution in [3.63, 3.8) is 0 Å². The van der Waals surface area contributed by atoms with Crippen LogP contribution in [0.2, 0.25) is 0 Å². The van der Waals surface area contributed by atoms with Gasteiger partial charge >= 0.3 is 5.97 Å². The van der Waals surface area contributed by atoms with Gasteiger partial charge in [0.1, 0.15) is 11.5 Å². The monoisotopic (exact) mass is 367 g/mol. The third-order valence-electron chi connectivity index (χ3n) is 3.47. The van der Waals surface area contributed by atoms with Crippen molar-refractivity contribution in [1.82, 2.24) is 0 Å². The number of carbonyl (C=O) groups excluding carboxylic acids is 2. The van der Waals surface area contributed by atoms with E-state index in [0.29, 0.717) is 28.5 Å². The van der Waals surface area contributed by atoms with Crippen LogP contribution in [0.4, 0.5) is 5.69 Å². The van der Waals surface area contributed by atoms with Gasteiger partial charge in [0, 0.05) is 5.69 Å². The van der Waals surface area contributed by atoms with Crippen LogP contribution in [-0.4, -0.2) is 18.5 Å². The normalized spacial score (nSPS) is 10.2. The second kappa shape index (κ2) is 8.31. The third-order valence-corrected chi connectivity index (χ3v) is 4.34. The summed E-state index contributed by atoms with van der Waals surface area (Å²) in [7, 11) is 0. The number of hydrogen-bond acceptors (Lipinski definition) is 5. The van der Waals surface area contributed by atoms with Crippen molar-refractivity contribution in [3.8, 4) is 11.5 Å². The Bertz CT molecular complexity index is 871. The highest BCUT2D eigenvalue weighted by atomic mass is 32.1. The van der Waals surface area contributed by atoms with Gasteiger partial charge in [-0.05, 0) is 66.9 Å². The Morgan fingerprint density at radius 3 is 2.27 bits per heavy atom. The molecule has 0 unspecified atom stereocenters. The molecule has 3 aromatic rings. The molecule has 0 aliphatic rings. The molecule has 0 saturated heterocycles. The van der Waals surface area contributed by atoms with Crippen LogP contribution in [0, 0.1) is 0 Å². The minimum atomic E-state index is -0.467. The number of nitrogens with one attached hydrogen (secondary N) is 1. The predicted molar refractivity (Wildman–Crippen MR) is 101 cm³/mol. The number of thiophene rings is 1. The number of rotatable bonds is 6. The Morgan fingerprint density at radius 1 is 0.962 bits per heavy atom. The van der Waals surface area contributed by atoms with Gasteiger partial charge in [-0.25, -0.2) is 4.79 Å². The molecule has 1 amide bonds. The van der Waals surface area contributed by atoms with Crippen molar-refractivity contribution in [2.75, 3.05) is 11.9 Å². The molecule has 3 rings (SSSR count). The summed E-state index contributed by atoms with van der Waals surface area (Å²) in [6.07, 6.45) is 0. The first-order chi connectivity index (χ1) is 12.7. The number of amides is 1. The van der Waals surface area contributed by atoms with E-state index in [2.05, 4.69) is 5.32 Å². The van der Waals surface area contributed by atoms with Crippen LogP contribution >= 0.6 is 11.3 Å². The smallest absolute Gasteiger partial charge is 0.343 e. The van der Waals surface area contributed by atoms with Gasteiger partial charge in [0.05, 0.1) is 17.0 Å². The Labute approximate surface area is 155 Å². The standard InChI is InChI=1S/C20H17NO4S/c1-2-24-16-9-11-17(12-10-16)25-20(23)14-5-7-15(8-6-14)21-19(22)18-4-3-13-26-18/h3-13H,2H2,1H3,(H,21,22). The lowest BCUT2D eigenvalue weighted by Gasteiger charge is -2.07. The third kappa shape index (κ3) is 4.49. The fourth-order valence-corrected chi connectivity index (χ4v) is 2.85. The first-order valence-corrected chi connectivity index (χ1v) is 8.93. The van der Waals surface area contributed by atoms with Crippen molar-refractivity contribution in [1.29, 1.82) is 0 Å². The second-order valence-corrected chi connectivity index (χ2v) is 6.25. The molecule has 1 heterocycles. The first kappa shape index (κ1) is 17.7. The maximum atomic E-state index is 12.2. The molecule has 0 radical (unpaired) electrons. The van der Waals surface area contributed by atoms with Gasteiger partial charge in [0.2, 0.25) is 0 Å². The van der Waals surface area contributed by atoms with Crippen LogP contribution < -0.4 is 14.8 Å². The minimum absolute atomic E-state index is 0.176. The molecule has 1 aromatic heterocycles. The van der Waals surface area contributed by atoms with Crippen LogP contribution in [0.1, 0.15) is 27.0 Å². The number of benzene rings is 2. The average Bonchev–Trinajstić information content (AvgIpc) is 3.19. The summed E-state index contributed by atoms with van der Waals surface area (Å²) >= 11 is 1.37. The predicted octanol–water partition coefficient (Wildman–Crippen LogP) is 4.62. The van der Waals surface area contributed by atoms with Gasteiger partial charge < -0.3 is 14.8 Å². The molecule has 0 bridgehead atoms. The Balaban J connectivity index is 1.60. The molecule has 5 nitrogen and oxygen atoms in total. The fraction of sp³-hybridized carbons (Fsp3) is 0.100. The van der Waals surface area contributed by atoms with Crippen LogP contribution in [-0.2, 0) is 0 Å². The van der Waals surface area contributed by atoms with E-state index in [-0.39, 0.29) is 5.91 Å². The molecule has 2 aromatic carbocycles. The summed E-state index contributed by atoms with van der Waals surface area (Å²) in [4.78, 5) is 24.8. The Kier molecular flexibility index (Phi) is 5.66. The van der Waals surface area contributed by atoms with Crippen molar-refractivity contribution in [2.45, 2.75) is 6.92 Å². The molecule has 0 fully saturated rings. The van der Waals surface area contributed by atoms with Gasteiger partial charge in [-0.3, -0.25) is 4.79 Å². The summed E-state index contributed by atoms with van der Waals surface area (Å²) in [5.41, 5.74) is 1.01. The lowest BCUT2D eigenvalue weighted by atomic mass is 10.2. The maximum Gasteiger partial charge on any atom is 0.343 e. The molecule has 0 aliphatic heterocycles. The lowest BCUT2D eigenvalue weighted by Crippen LogP contribution is -2.11. The van der Waals surface area contributed by atoms with Crippen LogP contribution in [0.3, 0.4) is 0 Å². The summed E-state index contributed by atoms with van der Waals surface area (Å²) in [6.45, 7) is 2.48. The molecule has 0 spiro atoms. The quantitative estimate of drug-likeness (QED) is 0.510. The molecule has 1 N–H and O–H groups in total. The highest BCUT2D eigenvalue weighted by Gasteiger charge is 2.10. The molecule has 0 saturated carbocycles. The van der Waals surface area contributed by atoms with Gasteiger partial charge in [-0.15, -0.1) is 11.3 Å². The van der Waals surface area contributed by atoms with Gasteiger partial charge in [0.25, 0.3) is 5.91 Å². The minimum Gasteiger partial charge on any atom is -0.494 e. The van der Waals surface area contributed by atoms with E-state index in [0.717, 1.165) is 5.75 Å². The zero-order valence-electron chi connectivity index (χ0n) is 14.1. The number of ether oxygens (including phenoxy) is 2. The van der Waals surface area contributed by atoms with E-state index >= 15 is 0 Å². The summed E-state index contributed by atoms with van der Waals surface area (Å²) in [6, 6.07) is 17.0. The van der Waals surface area contributed by atoms with Gasteiger partial charge in [-0.2, -0.15) is 0 Å². The summed E-state index contributed by atoms with van der Waals surface area (Å²) < 4.78 is 10.7. The van der Waals surface area contributed by atoms with Crippen molar-refractivity contribution in [3.05, 3.63) is 76.5 Å². The van der Waals surface area contributed by atoms with Crippen molar-refractivity contribution < 1.29 is 19.1 Å². The summed E-state index contributed by atoms with van der Waals surface area (Å²) in [5.74, 6) is 0.515. The van der Waals surface area contributed by atoms with Crippen LogP contribution in [0.25, 0.3) is 0 Å². The number of esters is 1. The highest BCUT2D eigenvalue weighted by molar-refractivity contribution is 7.12. The summed E-state index contributed by atoms with van der Waals surface area (Å²) in [5, 5.41) is 4.63. The number of carbonyl (C=O) groups is 2. The molecule has 26 heavy (non-hydrogen) atoms. The van der Waals surface area contributed by atoms with Crippen LogP contribution in [0.5, 0.6) is 11.5 Å². The SMILES string of the molecule is CCOc1ccc(OC(=O)c2ccc(NC(=O)c3cccs3)cc2)cc1. The second-order valence-electron chi connectivity index (χ2n) is 5.30. The molecule has 0 aliphatic carbocycles. The first-order valence-electron chi connectivity index (χ1n) is 8.05. The number of anilines is 1. The molecular weight excluding hydrogens is 350 g/mol. The molecular formula is C20H17NO4S. The highest BCUT2D eigenvalue weighted by Crippen LogP contribution is 2.19. The zero-order chi connectivity index (χ0) is 18.4. The molecule has 0 atom stereocenters. The molecule has 132 valence electrons. The van der Waals surface area contributed by atoms with E-state index in [1.165, 1.54) is 11.3 Å². The number of hydrogen-bond donors (Lipinski definition) is 1. The fourth-order valence-electron chi connectivity index (χ4n) is 2.23. The van der Waals surface area contributed by atoms with E-state index in [9.17, 15) is 9.59 Å². The van der Waals surface area contributed by atoms with Crippen molar-refractivity contribution in [2.24, 2.45) is 0 Å². The Hall–Kier alpha value is -3.12. The van der Waals surface area contributed by atoms with Crippen molar-refractivity contribution >= 4 is 28.9 Å². The van der Waals surface area contributed by atoms with Gasteiger partial charge in [-0.1, -0.05) is 6.07 Å². The van der Waals surface area contributed by atoms with E-state index in [1.807, 2.05) is 18.4 Å². The molecule has 6 heteroatoms. The average molecular weight is 367 g/mol. The van der Waals surface area contributed by atoms with Crippen LogP contribution in [0.15, 0.2) is 66.0 Å². The largest absolute Gasteiger partial charge is 0.494 e. The topological polar surface area (TPSA) is 64.6 Å². The lowest BCUT2D eigenvalue weighted by molar-refractivity contribution is 0.0734. The van der Waals surface area contributed by atoms with E-state index in [1.54, 1.807) is 54.6 Å². The Morgan fingerprint density at radius 2 is 1.65 bits per heavy atom. The zero-order valence-corrected chi connectivity index (χ0v) is 14.9. The van der Waals surface area contributed by atoms with Gasteiger partial charge in [0.15, 0.2) is 0 Å². The van der Waals surface area contributed by atoms with E-state index < -0.39 is 5.97 Å². The van der Waals surface area contributed by atoms with E-state index in [4.69, 9.17) is 9.47 Å².